The molecule has 0 radical (unpaired) electrons. The van der Waals surface area contributed by atoms with Gasteiger partial charge in [-0.25, -0.2) is 4.98 Å². The van der Waals surface area contributed by atoms with Gasteiger partial charge in [0.25, 0.3) is 0 Å². The zero-order chi connectivity index (χ0) is 16.4. The topological polar surface area (TPSA) is 65.2 Å². The van der Waals surface area contributed by atoms with Gasteiger partial charge in [-0.05, 0) is 35.7 Å². The van der Waals surface area contributed by atoms with Gasteiger partial charge >= 0.3 is 5.97 Å². The highest BCUT2D eigenvalue weighted by Crippen LogP contribution is 2.26. The fraction of sp³-hybridized carbons (Fsp3) is 0.0556. The number of carbonyl (C=O) groups excluding carboxylic acids is 1. The summed E-state index contributed by atoms with van der Waals surface area (Å²) in [5, 5.41) is 1.93. The minimum Gasteiger partial charge on any atom is -0.435 e. The second kappa shape index (κ2) is 6.25. The third-order valence-corrected chi connectivity index (χ3v) is 4.25. The number of rotatable bonds is 4. The quantitative estimate of drug-likeness (QED) is 0.415. The van der Waals surface area contributed by atoms with Gasteiger partial charge in [-0.1, -0.05) is 12.1 Å². The lowest BCUT2D eigenvalue weighted by molar-refractivity contribution is -0.133. The Bertz CT molecular complexity index is 978. The lowest BCUT2D eigenvalue weighted by Crippen LogP contribution is -2.10. The Balaban J connectivity index is 1.56. The van der Waals surface area contributed by atoms with Gasteiger partial charge in [-0.2, -0.15) is 0 Å². The van der Waals surface area contributed by atoms with Crippen molar-refractivity contribution in [2.24, 2.45) is 0 Å². The van der Waals surface area contributed by atoms with Crippen molar-refractivity contribution < 1.29 is 13.9 Å². The van der Waals surface area contributed by atoms with Crippen LogP contribution in [0.3, 0.4) is 0 Å². The Morgan fingerprint density at radius 2 is 2.12 bits per heavy atom. The number of carbonyl (C=O) groups is 1. The highest BCUT2D eigenvalue weighted by atomic mass is 32.1. The molecule has 3 heterocycles. The minimum atomic E-state index is -0.304. The van der Waals surface area contributed by atoms with Gasteiger partial charge in [0.15, 0.2) is 5.58 Å². The first-order valence-electron chi connectivity index (χ1n) is 7.33. The van der Waals surface area contributed by atoms with Gasteiger partial charge in [0.2, 0.25) is 5.89 Å². The standard InChI is InChI=1S/C18H12N2O3S/c21-17(11-13-4-3-9-24-13)22-12-6-7-14-16(10-12)23-18(20-14)15-5-1-2-8-19-15/h1-10H,11H2. The van der Waals surface area contributed by atoms with Crippen molar-refractivity contribution in [1.82, 2.24) is 9.97 Å². The number of esters is 1. The molecular formula is C18H12N2O3S. The van der Waals surface area contributed by atoms with Crippen molar-refractivity contribution in [2.75, 3.05) is 0 Å². The first-order valence-corrected chi connectivity index (χ1v) is 8.21. The molecule has 0 unspecified atom stereocenters. The molecule has 5 nitrogen and oxygen atoms in total. The third-order valence-electron chi connectivity index (χ3n) is 3.37. The number of thiophene rings is 1. The lowest BCUT2D eigenvalue weighted by Gasteiger charge is -2.02. The first-order chi connectivity index (χ1) is 11.8. The molecule has 0 saturated carbocycles. The molecule has 0 aliphatic carbocycles. The first kappa shape index (κ1) is 14.6. The zero-order valence-corrected chi connectivity index (χ0v) is 13.3. The second-order valence-electron chi connectivity index (χ2n) is 5.09. The molecule has 4 rings (SSSR count). The smallest absolute Gasteiger partial charge is 0.316 e. The molecule has 118 valence electrons. The fourth-order valence-corrected chi connectivity index (χ4v) is 2.98. The highest BCUT2D eigenvalue weighted by molar-refractivity contribution is 7.10. The highest BCUT2D eigenvalue weighted by Gasteiger charge is 2.12. The summed E-state index contributed by atoms with van der Waals surface area (Å²) < 4.78 is 11.1. The van der Waals surface area contributed by atoms with Crippen molar-refractivity contribution in [3.05, 3.63) is 65.0 Å². The summed E-state index contributed by atoms with van der Waals surface area (Å²) in [7, 11) is 0. The molecule has 6 heteroatoms. The molecule has 4 aromatic rings. The van der Waals surface area contributed by atoms with Crippen LogP contribution in [0.5, 0.6) is 5.75 Å². The van der Waals surface area contributed by atoms with Crippen LogP contribution in [0.15, 0.2) is 64.5 Å². The SMILES string of the molecule is O=C(Cc1cccs1)Oc1ccc2nc(-c3ccccn3)oc2c1. The molecule has 0 N–H and O–H groups in total. The molecule has 0 amide bonds. The fourth-order valence-electron chi connectivity index (χ4n) is 2.29. The van der Waals surface area contributed by atoms with Gasteiger partial charge in [-0.15, -0.1) is 11.3 Å². The monoisotopic (exact) mass is 336 g/mol. The average molecular weight is 336 g/mol. The van der Waals surface area contributed by atoms with E-state index < -0.39 is 0 Å². The number of pyridine rings is 1. The van der Waals surface area contributed by atoms with E-state index in [1.165, 1.54) is 11.3 Å². The summed E-state index contributed by atoms with van der Waals surface area (Å²) in [6.07, 6.45) is 1.94. The lowest BCUT2D eigenvalue weighted by atomic mass is 10.3. The van der Waals surface area contributed by atoms with Gasteiger partial charge in [0, 0.05) is 17.1 Å². The molecule has 0 aliphatic rings. The van der Waals surface area contributed by atoms with Gasteiger partial charge < -0.3 is 9.15 Å². The summed E-state index contributed by atoms with van der Waals surface area (Å²) in [5.74, 6) is 0.571. The summed E-state index contributed by atoms with van der Waals surface area (Å²) in [4.78, 5) is 21.6. The van der Waals surface area contributed by atoms with Crippen LogP contribution in [0.2, 0.25) is 0 Å². The second-order valence-corrected chi connectivity index (χ2v) is 6.13. The zero-order valence-electron chi connectivity index (χ0n) is 12.5. The van der Waals surface area contributed by atoms with Crippen LogP contribution in [-0.2, 0) is 11.2 Å². The van der Waals surface area contributed by atoms with E-state index in [0.29, 0.717) is 28.4 Å². The van der Waals surface area contributed by atoms with E-state index in [0.717, 1.165) is 4.88 Å². The summed E-state index contributed by atoms with van der Waals surface area (Å²) >= 11 is 1.53. The minimum absolute atomic E-state index is 0.255. The maximum atomic E-state index is 12.0. The maximum absolute atomic E-state index is 12.0. The molecular weight excluding hydrogens is 324 g/mol. The number of aromatic nitrogens is 2. The van der Waals surface area contributed by atoms with E-state index in [1.807, 2.05) is 35.7 Å². The Morgan fingerprint density at radius 3 is 2.92 bits per heavy atom. The van der Waals surface area contributed by atoms with E-state index in [4.69, 9.17) is 9.15 Å². The van der Waals surface area contributed by atoms with E-state index >= 15 is 0 Å². The number of fused-ring (bicyclic) bond motifs is 1. The van der Waals surface area contributed by atoms with Crippen molar-refractivity contribution in [2.45, 2.75) is 6.42 Å². The van der Waals surface area contributed by atoms with E-state index in [-0.39, 0.29) is 12.4 Å². The molecule has 0 bridgehead atoms. The Hall–Kier alpha value is -2.99. The predicted molar refractivity (Wildman–Crippen MR) is 90.9 cm³/mol. The van der Waals surface area contributed by atoms with Crippen molar-refractivity contribution in [3.8, 4) is 17.3 Å². The number of hydrogen-bond acceptors (Lipinski definition) is 6. The van der Waals surface area contributed by atoms with E-state index in [1.54, 1.807) is 24.4 Å². The number of nitrogens with zero attached hydrogens (tertiary/aromatic N) is 2. The Kier molecular flexibility index (Phi) is 3.80. The van der Waals surface area contributed by atoms with Crippen molar-refractivity contribution in [1.29, 1.82) is 0 Å². The number of ether oxygens (including phenoxy) is 1. The van der Waals surface area contributed by atoms with Crippen molar-refractivity contribution >= 4 is 28.4 Å². The van der Waals surface area contributed by atoms with Crippen LogP contribution in [-0.4, -0.2) is 15.9 Å². The van der Waals surface area contributed by atoms with E-state index in [9.17, 15) is 4.79 Å². The van der Waals surface area contributed by atoms with Gasteiger partial charge in [0.1, 0.15) is 17.0 Å². The number of oxazole rings is 1. The summed E-state index contributed by atoms with van der Waals surface area (Å²) in [6, 6.07) is 14.5. The summed E-state index contributed by atoms with van der Waals surface area (Å²) in [5.41, 5.74) is 1.90. The maximum Gasteiger partial charge on any atom is 0.316 e. The van der Waals surface area contributed by atoms with E-state index in [2.05, 4.69) is 9.97 Å². The van der Waals surface area contributed by atoms with Crippen LogP contribution in [0.1, 0.15) is 4.88 Å². The predicted octanol–water partition coefficient (Wildman–Crippen LogP) is 4.10. The van der Waals surface area contributed by atoms with Crippen LogP contribution >= 0.6 is 11.3 Å². The molecule has 24 heavy (non-hydrogen) atoms. The molecule has 0 saturated heterocycles. The van der Waals surface area contributed by atoms with Crippen LogP contribution in [0.4, 0.5) is 0 Å². The number of hydrogen-bond donors (Lipinski definition) is 0. The number of benzene rings is 1. The largest absolute Gasteiger partial charge is 0.435 e. The average Bonchev–Trinajstić information content (AvgIpc) is 3.24. The Morgan fingerprint density at radius 1 is 1.17 bits per heavy atom. The van der Waals surface area contributed by atoms with Gasteiger partial charge in [0.05, 0.1) is 6.42 Å². The normalized spacial score (nSPS) is 10.8. The van der Waals surface area contributed by atoms with Crippen molar-refractivity contribution in [3.63, 3.8) is 0 Å². The third kappa shape index (κ3) is 3.04. The van der Waals surface area contributed by atoms with Crippen LogP contribution in [0.25, 0.3) is 22.7 Å². The summed E-state index contributed by atoms with van der Waals surface area (Å²) in [6.45, 7) is 0. The molecule has 0 aliphatic heterocycles. The van der Waals surface area contributed by atoms with Gasteiger partial charge in [-0.3, -0.25) is 9.78 Å². The molecule has 0 fully saturated rings. The molecule has 0 atom stereocenters. The van der Waals surface area contributed by atoms with Crippen LogP contribution in [0, 0.1) is 0 Å². The molecule has 0 spiro atoms. The Labute approximate surface area is 141 Å². The molecule has 3 aromatic heterocycles. The molecule has 1 aromatic carbocycles. The van der Waals surface area contributed by atoms with Crippen LogP contribution < -0.4 is 4.74 Å².